The number of rotatable bonds is 4. The lowest BCUT2D eigenvalue weighted by atomic mass is 10.1. The number of hydrogen-bond donors (Lipinski definition) is 0. The largest absolute Gasteiger partial charge is 0.302 e. The van der Waals surface area contributed by atoms with Gasteiger partial charge in [0.05, 0.1) is 0 Å². The quantitative estimate of drug-likeness (QED) is 0.489. The van der Waals surface area contributed by atoms with Crippen molar-refractivity contribution < 1.29 is 0 Å². The van der Waals surface area contributed by atoms with Crippen LogP contribution in [-0.2, 0) is 0 Å². The molecule has 0 radical (unpaired) electrons. The van der Waals surface area contributed by atoms with Crippen LogP contribution in [-0.4, -0.2) is 36.5 Å². The first-order chi connectivity index (χ1) is 5.83. The van der Waals surface area contributed by atoms with E-state index in [1.807, 2.05) is 0 Å². The molecule has 0 atom stereocenters. The summed E-state index contributed by atoms with van der Waals surface area (Å²) in [6.45, 7) is 4.65. The van der Waals surface area contributed by atoms with Crippen LogP contribution in [0.1, 0.15) is 19.8 Å². The Labute approximate surface area is 80.2 Å². The SMILES string of the molecule is CCCSCC1=CCN(C)CC1. The molecule has 1 aliphatic heterocycles. The standard InChI is InChI=1S/C10H19NS/c1-3-8-12-9-10-4-6-11(2)7-5-10/h4H,3,5-9H2,1-2H3. The van der Waals surface area contributed by atoms with Gasteiger partial charge in [-0.2, -0.15) is 11.8 Å². The molecule has 2 heteroatoms. The summed E-state index contributed by atoms with van der Waals surface area (Å²) in [4.78, 5) is 2.37. The summed E-state index contributed by atoms with van der Waals surface area (Å²) in [5.41, 5.74) is 1.66. The third kappa shape index (κ3) is 3.63. The van der Waals surface area contributed by atoms with E-state index in [2.05, 4.69) is 36.7 Å². The number of likely N-dealkylation sites (N-methyl/N-ethyl adjacent to an activating group) is 1. The molecule has 0 aromatic rings. The summed E-state index contributed by atoms with van der Waals surface area (Å²) in [6, 6.07) is 0. The Morgan fingerprint density at radius 2 is 2.42 bits per heavy atom. The Hall–Kier alpha value is 0.0500. The van der Waals surface area contributed by atoms with E-state index < -0.39 is 0 Å². The van der Waals surface area contributed by atoms with Gasteiger partial charge in [-0.15, -0.1) is 0 Å². The number of hydrogen-bond acceptors (Lipinski definition) is 2. The van der Waals surface area contributed by atoms with Crippen molar-refractivity contribution in [1.82, 2.24) is 4.90 Å². The van der Waals surface area contributed by atoms with Crippen LogP contribution in [0, 0.1) is 0 Å². The van der Waals surface area contributed by atoms with Gasteiger partial charge in [0.1, 0.15) is 0 Å². The Morgan fingerprint density at radius 1 is 1.58 bits per heavy atom. The van der Waals surface area contributed by atoms with Crippen molar-refractivity contribution in [3.8, 4) is 0 Å². The van der Waals surface area contributed by atoms with E-state index in [4.69, 9.17) is 0 Å². The maximum absolute atomic E-state index is 2.40. The summed E-state index contributed by atoms with van der Waals surface area (Å²) in [6.07, 6.45) is 4.98. The lowest BCUT2D eigenvalue weighted by Crippen LogP contribution is -2.24. The van der Waals surface area contributed by atoms with E-state index in [-0.39, 0.29) is 0 Å². The predicted molar refractivity (Wildman–Crippen MR) is 57.8 cm³/mol. The third-order valence-electron chi connectivity index (χ3n) is 2.14. The van der Waals surface area contributed by atoms with Gasteiger partial charge in [0.15, 0.2) is 0 Å². The van der Waals surface area contributed by atoms with Crippen LogP contribution < -0.4 is 0 Å². The van der Waals surface area contributed by atoms with Gasteiger partial charge in [-0.25, -0.2) is 0 Å². The fourth-order valence-corrected chi connectivity index (χ4v) is 2.25. The second-order valence-corrected chi connectivity index (χ2v) is 4.53. The van der Waals surface area contributed by atoms with Crippen molar-refractivity contribution in [1.29, 1.82) is 0 Å². The minimum atomic E-state index is 1.15. The Bertz CT molecular complexity index is 154. The highest BCUT2D eigenvalue weighted by Gasteiger charge is 2.06. The van der Waals surface area contributed by atoms with Crippen molar-refractivity contribution in [3.63, 3.8) is 0 Å². The van der Waals surface area contributed by atoms with Gasteiger partial charge in [-0.3, -0.25) is 0 Å². The summed E-state index contributed by atoms with van der Waals surface area (Å²) < 4.78 is 0. The molecule has 1 nitrogen and oxygen atoms in total. The zero-order chi connectivity index (χ0) is 8.81. The molecule has 0 aliphatic carbocycles. The van der Waals surface area contributed by atoms with Crippen LogP contribution in [0.15, 0.2) is 11.6 Å². The maximum atomic E-state index is 2.40. The molecule has 0 aromatic carbocycles. The van der Waals surface area contributed by atoms with Gasteiger partial charge in [-0.1, -0.05) is 18.6 Å². The van der Waals surface area contributed by atoms with Gasteiger partial charge < -0.3 is 4.90 Å². The molecule has 0 spiro atoms. The summed E-state index contributed by atoms with van der Waals surface area (Å²) >= 11 is 2.07. The van der Waals surface area contributed by atoms with Gasteiger partial charge in [0, 0.05) is 18.8 Å². The second kappa shape index (κ2) is 5.65. The molecular weight excluding hydrogens is 166 g/mol. The molecule has 0 unspecified atom stereocenters. The van der Waals surface area contributed by atoms with Crippen molar-refractivity contribution in [3.05, 3.63) is 11.6 Å². The normalized spacial score (nSPS) is 19.3. The minimum Gasteiger partial charge on any atom is -0.302 e. The topological polar surface area (TPSA) is 3.24 Å². The Kier molecular flexibility index (Phi) is 4.77. The molecule has 1 aliphatic rings. The van der Waals surface area contributed by atoms with Crippen LogP contribution in [0.25, 0.3) is 0 Å². The zero-order valence-corrected chi connectivity index (χ0v) is 8.99. The van der Waals surface area contributed by atoms with Gasteiger partial charge >= 0.3 is 0 Å². The zero-order valence-electron chi connectivity index (χ0n) is 8.18. The van der Waals surface area contributed by atoms with E-state index in [0.717, 1.165) is 6.54 Å². The highest BCUT2D eigenvalue weighted by Crippen LogP contribution is 2.15. The van der Waals surface area contributed by atoms with Crippen molar-refractivity contribution in [2.75, 3.05) is 31.6 Å². The Balaban J connectivity index is 2.15. The van der Waals surface area contributed by atoms with Crippen LogP contribution in [0.3, 0.4) is 0 Å². The molecule has 1 heterocycles. The first-order valence-electron chi connectivity index (χ1n) is 4.77. The average Bonchev–Trinajstić information content (AvgIpc) is 2.09. The van der Waals surface area contributed by atoms with Crippen LogP contribution >= 0.6 is 11.8 Å². The van der Waals surface area contributed by atoms with Gasteiger partial charge in [0.25, 0.3) is 0 Å². The van der Waals surface area contributed by atoms with Crippen LogP contribution in [0.5, 0.6) is 0 Å². The number of thioether (sulfide) groups is 1. The number of nitrogens with zero attached hydrogens (tertiary/aromatic N) is 1. The molecule has 0 aromatic heterocycles. The van der Waals surface area contributed by atoms with Gasteiger partial charge in [0.2, 0.25) is 0 Å². The lowest BCUT2D eigenvalue weighted by Gasteiger charge is -2.21. The fourth-order valence-electron chi connectivity index (χ4n) is 1.29. The van der Waals surface area contributed by atoms with Crippen LogP contribution in [0.2, 0.25) is 0 Å². The minimum absolute atomic E-state index is 1.15. The average molecular weight is 185 g/mol. The molecule has 12 heavy (non-hydrogen) atoms. The molecule has 0 bridgehead atoms. The molecule has 0 N–H and O–H groups in total. The monoisotopic (exact) mass is 185 g/mol. The molecule has 1 rings (SSSR count). The fraction of sp³-hybridized carbons (Fsp3) is 0.800. The lowest BCUT2D eigenvalue weighted by molar-refractivity contribution is 0.359. The predicted octanol–water partition coefficient (Wildman–Crippen LogP) is 2.39. The highest BCUT2D eigenvalue weighted by molar-refractivity contribution is 7.99. The molecule has 0 saturated carbocycles. The second-order valence-electron chi connectivity index (χ2n) is 3.43. The first-order valence-corrected chi connectivity index (χ1v) is 5.92. The molecular formula is C10H19NS. The molecule has 0 saturated heterocycles. The van der Waals surface area contributed by atoms with E-state index in [0.29, 0.717) is 0 Å². The van der Waals surface area contributed by atoms with E-state index in [9.17, 15) is 0 Å². The van der Waals surface area contributed by atoms with Crippen LogP contribution in [0.4, 0.5) is 0 Å². The third-order valence-corrected chi connectivity index (χ3v) is 3.41. The summed E-state index contributed by atoms with van der Waals surface area (Å²) in [5.74, 6) is 2.58. The van der Waals surface area contributed by atoms with Crippen molar-refractivity contribution >= 4 is 11.8 Å². The smallest absolute Gasteiger partial charge is 0.0163 e. The van der Waals surface area contributed by atoms with Crippen molar-refractivity contribution in [2.24, 2.45) is 0 Å². The molecule has 0 fully saturated rings. The van der Waals surface area contributed by atoms with E-state index in [1.54, 1.807) is 5.57 Å². The Morgan fingerprint density at radius 3 is 3.00 bits per heavy atom. The molecule has 70 valence electrons. The maximum Gasteiger partial charge on any atom is 0.0163 e. The summed E-state index contributed by atoms with van der Waals surface area (Å²) in [5, 5.41) is 0. The molecule has 0 amide bonds. The van der Waals surface area contributed by atoms with Gasteiger partial charge in [-0.05, 0) is 25.6 Å². The van der Waals surface area contributed by atoms with E-state index >= 15 is 0 Å². The summed E-state index contributed by atoms with van der Waals surface area (Å²) in [7, 11) is 2.19. The van der Waals surface area contributed by atoms with Crippen molar-refractivity contribution in [2.45, 2.75) is 19.8 Å². The van der Waals surface area contributed by atoms with E-state index in [1.165, 1.54) is 30.9 Å². The first kappa shape index (κ1) is 10.1. The highest BCUT2D eigenvalue weighted by atomic mass is 32.2.